The molecule has 0 aliphatic carbocycles. The first-order valence-corrected chi connectivity index (χ1v) is 7.28. The van der Waals surface area contributed by atoms with Crippen molar-refractivity contribution < 1.29 is 4.79 Å². The lowest BCUT2D eigenvalue weighted by Crippen LogP contribution is -2.52. The number of rotatable bonds is 6. The lowest BCUT2D eigenvalue weighted by Gasteiger charge is -2.38. The van der Waals surface area contributed by atoms with E-state index >= 15 is 0 Å². The molecule has 0 radical (unpaired) electrons. The highest BCUT2D eigenvalue weighted by Gasteiger charge is 2.37. The molecule has 1 unspecified atom stereocenters. The van der Waals surface area contributed by atoms with Gasteiger partial charge in [0.1, 0.15) is 0 Å². The molecule has 0 saturated carbocycles. The average molecular weight is 261 g/mol. The molecule has 0 aliphatic rings. The van der Waals surface area contributed by atoms with Crippen LogP contribution in [0.3, 0.4) is 0 Å². The summed E-state index contributed by atoms with van der Waals surface area (Å²) < 4.78 is 0. The number of aryl methyl sites for hydroxylation is 1. The third kappa shape index (κ3) is 2.89. The lowest BCUT2D eigenvalue weighted by molar-refractivity contribution is 0.0607. The van der Waals surface area contributed by atoms with Crippen molar-refractivity contribution >= 4 is 5.78 Å². The van der Waals surface area contributed by atoms with Gasteiger partial charge in [0, 0.05) is 5.56 Å². The number of carbonyl (C=O) groups excluding carboxylic acids is 1. The van der Waals surface area contributed by atoms with Crippen LogP contribution in [-0.4, -0.2) is 29.3 Å². The molecule has 0 fully saturated rings. The van der Waals surface area contributed by atoms with Crippen molar-refractivity contribution in [2.24, 2.45) is 0 Å². The zero-order chi connectivity index (χ0) is 14.6. The van der Waals surface area contributed by atoms with Gasteiger partial charge in [0.05, 0.1) is 5.54 Å². The number of nitrogens with zero attached hydrogens (tertiary/aromatic N) is 1. The summed E-state index contributed by atoms with van der Waals surface area (Å²) in [6.07, 6.45) is 0.834. The van der Waals surface area contributed by atoms with Crippen LogP contribution in [0.15, 0.2) is 18.2 Å². The maximum atomic E-state index is 13.0. The number of ketones is 1. The van der Waals surface area contributed by atoms with Crippen LogP contribution < -0.4 is 0 Å². The molecule has 2 heteroatoms. The van der Waals surface area contributed by atoms with Gasteiger partial charge in [-0.05, 0) is 51.4 Å². The fourth-order valence-electron chi connectivity index (χ4n) is 2.74. The van der Waals surface area contributed by atoms with Crippen LogP contribution in [0.5, 0.6) is 0 Å². The van der Waals surface area contributed by atoms with E-state index in [0.29, 0.717) is 0 Å². The Balaban J connectivity index is 3.25. The van der Waals surface area contributed by atoms with E-state index in [1.165, 1.54) is 5.56 Å². The summed E-state index contributed by atoms with van der Waals surface area (Å²) in [7, 11) is 0. The van der Waals surface area contributed by atoms with Crippen LogP contribution in [0.1, 0.15) is 55.6 Å². The minimum Gasteiger partial charge on any atom is -0.292 e. The van der Waals surface area contributed by atoms with Gasteiger partial charge in [-0.3, -0.25) is 9.69 Å². The zero-order valence-corrected chi connectivity index (χ0v) is 13.2. The van der Waals surface area contributed by atoms with Gasteiger partial charge >= 0.3 is 0 Å². The number of hydrogen-bond donors (Lipinski definition) is 0. The van der Waals surface area contributed by atoms with Crippen LogP contribution in [-0.2, 0) is 0 Å². The number of benzene rings is 1. The lowest BCUT2D eigenvalue weighted by atomic mass is 9.84. The van der Waals surface area contributed by atoms with Gasteiger partial charge in [-0.15, -0.1) is 0 Å². The molecule has 0 saturated heterocycles. The van der Waals surface area contributed by atoms with Crippen molar-refractivity contribution in [1.29, 1.82) is 0 Å². The smallest absolute Gasteiger partial charge is 0.183 e. The van der Waals surface area contributed by atoms with Crippen molar-refractivity contribution in [2.75, 3.05) is 13.1 Å². The third-order valence-corrected chi connectivity index (χ3v) is 4.49. The predicted octanol–water partition coefficient (Wildman–Crippen LogP) is 4.00. The summed E-state index contributed by atoms with van der Waals surface area (Å²) in [4.78, 5) is 15.2. The second-order valence-corrected chi connectivity index (χ2v) is 5.38. The quantitative estimate of drug-likeness (QED) is 0.721. The largest absolute Gasteiger partial charge is 0.292 e. The molecule has 106 valence electrons. The second kappa shape index (κ2) is 6.33. The topological polar surface area (TPSA) is 20.3 Å². The van der Waals surface area contributed by atoms with Crippen LogP contribution >= 0.6 is 0 Å². The van der Waals surface area contributed by atoms with Crippen molar-refractivity contribution in [1.82, 2.24) is 4.90 Å². The summed E-state index contributed by atoms with van der Waals surface area (Å²) in [6.45, 7) is 14.3. The Bertz CT molecular complexity index is 449. The molecule has 0 amide bonds. The Morgan fingerprint density at radius 2 is 1.74 bits per heavy atom. The molecule has 2 nitrogen and oxygen atoms in total. The van der Waals surface area contributed by atoms with E-state index in [4.69, 9.17) is 0 Å². The fraction of sp³-hybridized carbons (Fsp3) is 0.588. The van der Waals surface area contributed by atoms with E-state index in [-0.39, 0.29) is 5.78 Å². The predicted molar refractivity (Wildman–Crippen MR) is 81.9 cm³/mol. The van der Waals surface area contributed by atoms with E-state index < -0.39 is 5.54 Å². The van der Waals surface area contributed by atoms with Crippen molar-refractivity contribution in [2.45, 2.75) is 53.5 Å². The number of carbonyl (C=O) groups is 1. The highest BCUT2D eigenvalue weighted by molar-refractivity contribution is 6.04. The Kier molecular flexibility index (Phi) is 5.30. The van der Waals surface area contributed by atoms with Gasteiger partial charge in [0.25, 0.3) is 0 Å². The van der Waals surface area contributed by atoms with E-state index in [2.05, 4.69) is 45.6 Å². The molecule has 19 heavy (non-hydrogen) atoms. The van der Waals surface area contributed by atoms with Crippen molar-refractivity contribution in [3.05, 3.63) is 34.9 Å². The molecular formula is C17H27NO. The van der Waals surface area contributed by atoms with Crippen molar-refractivity contribution in [3.63, 3.8) is 0 Å². The van der Waals surface area contributed by atoms with Crippen LogP contribution in [0.4, 0.5) is 0 Å². The molecule has 0 N–H and O–H groups in total. The molecule has 0 spiro atoms. The Morgan fingerprint density at radius 3 is 2.21 bits per heavy atom. The third-order valence-electron chi connectivity index (χ3n) is 4.49. The molecule has 0 bridgehead atoms. The van der Waals surface area contributed by atoms with Gasteiger partial charge in [-0.25, -0.2) is 0 Å². The monoisotopic (exact) mass is 261 g/mol. The first kappa shape index (κ1) is 15.9. The Hall–Kier alpha value is -1.15. The van der Waals surface area contributed by atoms with E-state index in [1.54, 1.807) is 0 Å². The van der Waals surface area contributed by atoms with Crippen LogP contribution in [0.2, 0.25) is 0 Å². The number of hydrogen-bond acceptors (Lipinski definition) is 2. The SMILES string of the molecule is CCN(CC)C(C)(CC)C(=O)c1cccc(C)c1C. The molecule has 0 aliphatic heterocycles. The standard InChI is InChI=1S/C17H27NO/c1-7-17(6,18(8-2)9-3)16(19)15-12-10-11-13(4)14(15)5/h10-12H,7-9H2,1-6H3. The van der Waals surface area contributed by atoms with E-state index in [1.807, 2.05) is 19.1 Å². The van der Waals surface area contributed by atoms with Crippen LogP contribution in [0, 0.1) is 13.8 Å². The van der Waals surface area contributed by atoms with E-state index in [9.17, 15) is 4.79 Å². The average Bonchev–Trinajstić information content (AvgIpc) is 2.42. The zero-order valence-electron chi connectivity index (χ0n) is 13.2. The minimum atomic E-state index is -0.401. The molecule has 1 rings (SSSR count). The summed E-state index contributed by atoms with van der Waals surface area (Å²) in [5.74, 6) is 0.250. The molecule has 1 atom stereocenters. The van der Waals surface area contributed by atoms with Crippen molar-refractivity contribution in [3.8, 4) is 0 Å². The molecule has 1 aromatic rings. The van der Waals surface area contributed by atoms with Gasteiger partial charge in [0.2, 0.25) is 0 Å². The minimum absolute atomic E-state index is 0.250. The summed E-state index contributed by atoms with van der Waals surface area (Å²) in [5, 5.41) is 0. The molecular weight excluding hydrogens is 234 g/mol. The fourth-order valence-corrected chi connectivity index (χ4v) is 2.74. The summed E-state index contributed by atoms with van der Waals surface area (Å²) in [6, 6.07) is 6.00. The highest BCUT2D eigenvalue weighted by atomic mass is 16.1. The maximum absolute atomic E-state index is 13.0. The molecule has 0 aromatic heterocycles. The van der Waals surface area contributed by atoms with Crippen LogP contribution in [0.25, 0.3) is 0 Å². The first-order valence-electron chi connectivity index (χ1n) is 7.28. The Morgan fingerprint density at radius 1 is 1.16 bits per heavy atom. The maximum Gasteiger partial charge on any atom is 0.183 e. The summed E-state index contributed by atoms with van der Waals surface area (Å²) in [5.41, 5.74) is 2.77. The second-order valence-electron chi connectivity index (χ2n) is 5.38. The van der Waals surface area contributed by atoms with Gasteiger partial charge in [-0.1, -0.05) is 39.0 Å². The van der Waals surface area contributed by atoms with E-state index in [0.717, 1.165) is 30.6 Å². The van der Waals surface area contributed by atoms with Gasteiger partial charge in [0.15, 0.2) is 5.78 Å². The molecule has 0 heterocycles. The normalized spacial score (nSPS) is 14.5. The first-order chi connectivity index (χ1) is 8.92. The Labute approximate surface area is 117 Å². The number of Topliss-reactive ketones (excluding diaryl/α,β-unsaturated/α-hetero) is 1. The highest BCUT2D eigenvalue weighted by Crippen LogP contribution is 2.26. The van der Waals surface area contributed by atoms with Gasteiger partial charge < -0.3 is 0 Å². The number of likely N-dealkylation sites (N-methyl/N-ethyl adjacent to an activating group) is 1. The van der Waals surface area contributed by atoms with Gasteiger partial charge in [-0.2, -0.15) is 0 Å². The summed E-state index contributed by atoms with van der Waals surface area (Å²) >= 11 is 0. The molecule has 1 aromatic carbocycles.